The molecule has 2 aromatic carbocycles. The molecule has 0 spiro atoms. The molecule has 4 nitrogen and oxygen atoms in total. The van der Waals surface area contributed by atoms with Crippen LogP contribution in [0.2, 0.25) is 0 Å². The highest BCUT2D eigenvalue weighted by Crippen LogP contribution is 2.37. The molecule has 0 saturated heterocycles. The number of halogens is 3. The minimum Gasteiger partial charge on any atom is -0.464 e. The molecule has 0 saturated carbocycles. The van der Waals surface area contributed by atoms with Crippen molar-refractivity contribution in [1.82, 2.24) is 0 Å². The summed E-state index contributed by atoms with van der Waals surface area (Å²) in [4.78, 5) is 11.8. The smallest absolute Gasteiger partial charge is 0.354 e. The highest BCUT2D eigenvalue weighted by Gasteiger charge is 2.34. The number of rotatable bonds is 3. The number of nitrogens with zero attached hydrogens (tertiary/aromatic N) is 2. The SMILES string of the molecule is COC(=O)C1=NN(c2ccc(F)cc2F)C(c2ccc(Br)cc2)C1. The summed E-state index contributed by atoms with van der Waals surface area (Å²) >= 11 is 3.36. The fourth-order valence-corrected chi connectivity index (χ4v) is 2.85. The lowest BCUT2D eigenvalue weighted by Gasteiger charge is -2.24. The van der Waals surface area contributed by atoms with Gasteiger partial charge in [0.05, 0.1) is 18.8 Å². The third kappa shape index (κ3) is 3.17. The third-order valence-corrected chi connectivity index (χ3v) is 4.27. The zero-order chi connectivity index (χ0) is 17.3. The Morgan fingerprint density at radius 2 is 1.96 bits per heavy atom. The Bertz CT molecular complexity index is 809. The molecule has 1 heterocycles. The van der Waals surface area contributed by atoms with Crippen LogP contribution in [0.5, 0.6) is 0 Å². The summed E-state index contributed by atoms with van der Waals surface area (Å²) in [5.41, 5.74) is 1.14. The first-order valence-corrected chi connectivity index (χ1v) is 7.94. The Kier molecular flexibility index (Phi) is 4.62. The zero-order valence-electron chi connectivity index (χ0n) is 12.7. The second-order valence-corrected chi connectivity index (χ2v) is 6.17. The van der Waals surface area contributed by atoms with Crippen molar-refractivity contribution >= 4 is 33.3 Å². The van der Waals surface area contributed by atoms with Gasteiger partial charge >= 0.3 is 5.97 Å². The maximum atomic E-state index is 14.2. The molecule has 2 aromatic rings. The van der Waals surface area contributed by atoms with Crippen LogP contribution >= 0.6 is 15.9 Å². The van der Waals surface area contributed by atoms with E-state index in [-0.39, 0.29) is 23.9 Å². The largest absolute Gasteiger partial charge is 0.464 e. The highest BCUT2D eigenvalue weighted by atomic mass is 79.9. The maximum absolute atomic E-state index is 14.2. The van der Waals surface area contributed by atoms with Crippen molar-refractivity contribution in [3.63, 3.8) is 0 Å². The predicted molar refractivity (Wildman–Crippen MR) is 89.8 cm³/mol. The lowest BCUT2D eigenvalue weighted by atomic mass is 10.0. The highest BCUT2D eigenvalue weighted by molar-refractivity contribution is 9.10. The van der Waals surface area contributed by atoms with E-state index in [2.05, 4.69) is 21.0 Å². The Balaban J connectivity index is 2.04. The molecule has 0 aromatic heterocycles. The molecule has 0 bridgehead atoms. The van der Waals surface area contributed by atoms with Gasteiger partial charge in [-0.05, 0) is 29.8 Å². The Morgan fingerprint density at radius 3 is 2.58 bits per heavy atom. The number of carbonyl (C=O) groups is 1. The number of anilines is 1. The Morgan fingerprint density at radius 1 is 1.25 bits per heavy atom. The molecular weight excluding hydrogens is 382 g/mol. The first-order valence-electron chi connectivity index (χ1n) is 7.15. The third-order valence-electron chi connectivity index (χ3n) is 3.74. The van der Waals surface area contributed by atoms with E-state index in [1.807, 2.05) is 24.3 Å². The van der Waals surface area contributed by atoms with Crippen LogP contribution in [0.15, 0.2) is 52.0 Å². The summed E-state index contributed by atoms with van der Waals surface area (Å²) in [6, 6.07) is 10.3. The Hall–Kier alpha value is -2.28. The molecule has 3 rings (SSSR count). The van der Waals surface area contributed by atoms with Gasteiger partial charge in [-0.2, -0.15) is 5.10 Å². The summed E-state index contributed by atoms with van der Waals surface area (Å²) in [6.45, 7) is 0. The lowest BCUT2D eigenvalue weighted by Crippen LogP contribution is -2.19. The lowest BCUT2D eigenvalue weighted by molar-refractivity contribution is -0.132. The second kappa shape index (κ2) is 6.68. The standard InChI is InChI=1S/C17H13BrF2N2O2/c1-24-17(23)14-9-16(10-2-4-11(18)5-3-10)22(21-14)15-7-6-12(19)8-13(15)20/h2-8,16H,9H2,1H3. The normalized spacial score (nSPS) is 16.9. The molecule has 1 aliphatic heterocycles. The molecule has 1 unspecified atom stereocenters. The van der Waals surface area contributed by atoms with E-state index in [1.54, 1.807) is 0 Å². The number of ether oxygens (including phenoxy) is 1. The number of benzene rings is 2. The van der Waals surface area contributed by atoms with Crippen LogP contribution < -0.4 is 5.01 Å². The molecule has 0 aliphatic carbocycles. The number of hydrogen-bond donors (Lipinski definition) is 0. The van der Waals surface area contributed by atoms with Crippen LogP contribution in [-0.4, -0.2) is 18.8 Å². The topological polar surface area (TPSA) is 41.9 Å². The van der Waals surface area contributed by atoms with E-state index < -0.39 is 17.6 Å². The number of hydrazone groups is 1. The summed E-state index contributed by atoms with van der Waals surface area (Å²) < 4.78 is 33.0. The number of carbonyl (C=O) groups excluding carboxylic acids is 1. The van der Waals surface area contributed by atoms with Gasteiger partial charge < -0.3 is 4.74 Å². The van der Waals surface area contributed by atoms with Gasteiger partial charge in [0.1, 0.15) is 11.5 Å². The first-order chi connectivity index (χ1) is 11.5. The van der Waals surface area contributed by atoms with E-state index in [9.17, 15) is 13.6 Å². The zero-order valence-corrected chi connectivity index (χ0v) is 14.3. The fourth-order valence-electron chi connectivity index (χ4n) is 2.58. The number of methoxy groups -OCH3 is 1. The van der Waals surface area contributed by atoms with Gasteiger partial charge in [-0.3, -0.25) is 5.01 Å². The van der Waals surface area contributed by atoms with Crippen molar-refractivity contribution in [3.8, 4) is 0 Å². The summed E-state index contributed by atoms with van der Waals surface area (Å²) in [5.74, 6) is -1.98. The second-order valence-electron chi connectivity index (χ2n) is 5.25. The van der Waals surface area contributed by atoms with Gasteiger partial charge in [0.15, 0.2) is 5.82 Å². The number of esters is 1. The molecule has 7 heteroatoms. The van der Waals surface area contributed by atoms with Crippen LogP contribution in [0.25, 0.3) is 0 Å². The van der Waals surface area contributed by atoms with Crippen molar-refractivity contribution in [2.75, 3.05) is 12.1 Å². The van der Waals surface area contributed by atoms with Gasteiger partial charge in [0.25, 0.3) is 0 Å². The molecule has 1 atom stereocenters. The van der Waals surface area contributed by atoms with Crippen molar-refractivity contribution < 1.29 is 18.3 Å². The van der Waals surface area contributed by atoms with E-state index >= 15 is 0 Å². The average Bonchev–Trinajstić information content (AvgIpc) is 3.00. The minimum atomic E-state index is -0.744. The van der Waals surface area contributed by atoms with Gasteiger partial charge in [-0.15, -0.1) is 0 Å². The van der Waals surface area contributed by atoms with Gasteiger partial charge in [-0.1, -0.05) is 28.1 Å². The predicted octanol–water partition coefficient (Wildman–Crippen LogP) is 4.21. The summed E-state index contributed by atoms with van der Waals surface area (Å²) in [5, 5.41) is 5.59. The van der Waals surface area contributed by atoms with Gasteiger partial charge in [0.2, 0.25) is 0 Å². The fraction of sp³-hybridized carbons (Fsp3) is 0.176. The number of hydrogen-bond acceptors (Lipinski definition) is 4. The maximum Gasteiger partial charge on any atom is 0.354 e. The van der Waals surface area contributed by atoms with Crippen molar-refractivity contribution in [2.45, 2.75) is 12.5 Å². The van der Waals surface area contributed by atoms with Crippen LogP contribution in [0.3, 0.4) is 0 Å². The summed E-state index contributed by atoms with van der Waals surface area (Å²) in [6.07, 6.45) is 0.269. The van der Waals surface area contributed by atoms with Crippen molar-refractivity contribution in [3.05, 3.63) is 64.1 Å². The van der Waals surface area contributed by atoms with Gasteiger partial charge in [0, 0.05) is 17.0 Å². The van der Waals surface area contributed by atoms with E-state index in [4.69, 9.17) is 4.74 Å². The molecule has 0 N–H and O–H groups in total. The molecule has 0 amide bonds. The average molecular weight is 395 g/mol. The molecule has 1 aliphatic rings. The molecule has 24 heavy (non-hydrogen) atoms. The van der Waals surface area contributed by atoms with Crippen LogP contribution in [0.4, 0.5) is 14.5 Å². The van der Waals surface area contributed by atoms with Crippen LogP contribution in [0.1, 0.15) is 18.0 Å². The van der Waals surface area contributed by atoms with E-state index in [0.29, 0.717) is 0 Å². The first kappa shape index (κ1) is 16.6. The van der Waals surface area contributed by atoms with E-state index in [0.717, 1.165) is 22.2 Å². The molecule has 0 radical (unpaired) electrons. The van der Waals surface area contributed by atoms with Crippen molar-refractivity contribution in [2.24, 2.45) is 5.10 Å². The van der Waals surface area contributed by atoms with Crippen molar-refractivity contribution in [1.29, 1.82) is 0 Å². The molecular formula is C17H13BrF2N2O2. The van der Waals surface area contributed by atoms with E-state index in [1.165, 1.54) is 18.2 Å². The summed E-state index contributed by atoms with van der Waals surface area (Å²) in [7, 11) is 1.26. The van der Waals surface area contributed by atoms with Gasteiger partial charge in [-0.25, -0.2) is 13.6 Å². The van der Waals surface area contributed by atoms with Crippen LogP contribution in [0, 0.1) is 11.6 Å². The molecule has 0 fully saturated rings. The quantitative estimate of drug-likeness (QED) is 0.732. The van der Waals surface area contributed by atoms with Crippen LogP contribution in [-0.2, 0) is 9.53 Å². The molecule has 124 valence electrons. The Labute approximate surface area is 145 Å². The minimum absolute atomic E-state index is 0.100. The monoisotopic (exact) mass is 394 g/mol.